The third-order valence-electron chi connectivity index (χ3n) is 3.15. The Bertz CT molecular complexity index is 578. The van der Waals surface area contributed by atoms with Crippen molar-refractivity contribution in [1.82, 2.24) is 14.8 Å². The summed E-state index contributed by atoms with van der Waals surface area (Å²) >= 11 is 0. The highest BCUT2D eigenvalue weighted by atomic mass is 19.1. The largest absolute Gasteiger partial charge is 0.392 e. The lowest BCUT2D eigenvalue weighted by molar-refractivity contribution is 0.168. The minimum atomic E-state index is -0.911. The van der Waals surface area contributed by atoms with Gasteiger partial charge in [0.1, 0.15) is 23.8 Å². The van der Waals surface area contributed by atoms with E-state index in [4.69, 9.17) is 0 Å². The van der Waals surface area contributed by atoms with Gasteiger partial charge in [-0.3, -0.25) is 0 Å². The maximum Gasteiger partial charge on any atom is 0.138 e. The van der Waals surface area contributed by atoms with Crippen molar-refractivity contribution in [2.45, 2.75) is 39.3 Å². The third kappa shape index (κ3) is 4.07. The fourth-order valence-electron chi connectivity index (χ4n) is 2.19. The van der Waals surface area contributed by atoms with Gasteiger partial charge in [-0.15, -0.1) is 0 Å². The summed E-state index contributed by atoms with van der Waals surface area (Å²) in [7, 11) is 0. The number of hydrogen-bond acceptors (Lipinski definition) is 3. The number of aliphatic hydroxyl groups excluding tert-OH is 1. The van der Waals surface area contributed by atoms with Crippen LogP contribution in [-0.4, -0.2) is 26.0 Å². The first-order chi connectivity index (χ1) is 9.97. The molecule has 0 aliphatic heterocycles. The van der Waals surface area contributed by atoms with Crippen LogP contribution in [0.4, 0.5) is 8.78 Å². The van der Waals surface area contributed by atoms with Gasteiger partial charge in [0.05, 0.1) is 6.10 Å². The molecular weight excluding hydrogens is 276 g/mol. The van der Waals surface area contributed by atoms with Crippen molar-refractivity contribution in [2.24, 2.45) is 5.92 Å². The molecule has 0 radical (unpaired) electrons. The second-order valence-corrected chi connectivity index (χ2v) is 5.51. The number of aromatic nitrogens is 3. The molecule has 1 aromatic carbocycles. The molecular formula is C15H19F2N3O. The molecule has 114 valence electrons. The number of nitrogens with zero attached hydrogens (tertiary/aromatic N) is 3. The van der Waals surface area contributed by atoms with E-state index in [1.165, 1.54) is 24.5 Å². The van der Waals surface area contributed by atoms with Crippen LogP contribution in [0.25, 0.3) is 0 Å². The summed E-state index contributed by atoms with van der Waals surface area (Å²) in [6.45, 7) is 4.79. The van der Waals surface area contributed by atoms with Crippen molar-refractivity contribution in [3.8, 4) is 0 Å². The Labute approximate surface area is 122 Å². The molecule has 0 aliphatic carbocycles. The molecule has 6 heteroatoms. The molecule has 0 amide bonds. The SMILES string of the molecule is CC(C)Cn1ncnc1CC(O)Cc1c(F)cccc1F. The monoisotopic (exact) mass is 295 g/mol. The second kappa shape index (κ2) is 6.76. The van der Waals surface area contributed by atoms with Crippen LogP contribution in [0.1, 0.15) is 25.2 Å². The molecule has 2 aromatic rings. The second-order valence-electron chi connectivity index (χ2n) is 5.51. The van der Waals surface area contributed by atoms with Gasteiger partial charge in [0, 0.05) is 24.9 Å². The van der Waals surface area contributed by atoms with Gasteiger partial charge in [-0.2, -0.15) is 5.10 Å². The van der Waals surface area contributed by atoms with Gasteiger partial charge in [0.15, 0.2) is 0 Å². The minimum Gasteiger partial charge on any atom is -0.392 e. The van der Waals surface area contributed by atoms with Crippen LogP contribution in [0.15, 0.2) is 24.5 Å². The van der Waals surface area contributed by atoms with E-state index in [9.17, 15) is 13.9 Å². The van der Waals surface area contributed by atoms with Gasteiger partial charge in [-0.1, -0.05) is 19.9 Å². The molecule has 0 spiro atoms. The number of benzene rings is 1. The summed E-state index contributed by atoms with van der Waals surface area (Å²) in [5.74, 6) is -0.269. The molecule has 1 aromatic heterocycles. The van der Waals surface area contributed by atoms with Crippen LogP contribution < -0.4 is 0 Å². The molecule has 0 saturated heterocycles. The van der Waals surface area contributed by atoms with E-state index in [2.05, 4.69) is 23.9 Å². The van der Waals surface area contributed by atoms with E-state index in [-0.39, 0.29) is 18.4 Å². The first kappa shape index (κ1) is 15.6. The van der Waals surface area contributed by atoms with Crippen molar-refractivity contribution in [1.29, 1.82) is 0 Å². The standard InChI is InChI=1S/C15H19F2N3O/c1-10(2)8-20-15(18-9-19-20)7-11(21)6-12-13(16)4-3-5-14(12)17/h3-5,9-11,21H,6-8H2,1-2H3. The Kier molecular flexibility index (Phi) is 5.01. The fraction of sp³-hybridized carbons (Fsp3) is 0.467. The normalized spacial score (nSPS) is 12.9. The zero-order valence-corrected chi connectivity index (χ0v) is 12.1. The maximum atomic E-state index is 13.6. The van der Waals surface area contributed by atoms with E-state index >= 15 is 0 Å². The van der Waals surface area contributed by atoms with Crippen molar-refractivity contribution < 1.29 is 13.9 Å². The Morgan fingerprint density at radius 1 is 1.19 bits per heavy atom. The lowest BCUT2D eigenvalue weighted by Crippen LogP contribution is -2.20. The van der Waals surface area contributed by atoms with E-state index in [1.807, 2.05) is 0 Å². The topological polar surface area (TPSA) is 50.9 Å². The van der Waals surface area contributed by atoms with Crippen LogP contribution in [0.2, 0.25) is 0 Å². The van der Waals surface area contributed by atoms with Crippen molar-refractivity contribution >= 4 is 0 Å². The Morgan fingerprint density at radius 2 is 1.86 bits per heavy atom. The van der Waals surface area contributed by atoms with E-state index in [1.54, 1.807) is 4.68 Å². The summed E-state index contributed by atoms with van der Waals surface area (Å²) in [4.78, 5) is 4.10. The predicted molar refractivity (Wildman–Crippen MR) is 74.6 cm³/mol. The van der Waals surface area contributed by atoms with Gasteiger partial charge >= 0.3 is 0 Å². The molecule has 1 heterocycles. The average molecular weight is 295 g/mol. The molecule has 1 atom stereocenters. The highest BCUT2D eigenvalue weighted by molar-refractivity contribution is 5.20. The number of hydrogen-bond donors (Lipinski definition) is 1. The van der Waals surface area contributed by atoms with Gasteiger partial charge < -0.3 is 5.11 Å². The first-order valence-corrected chi connectivity index (χ1v) is 6.95. The summed E-state index contributed by atoms with van der Waals surface area (Å²) in [6.07, 6.45) is 0.633. The molecule has 2 rings (SSSR count). The number of rotatable bonds is 6. The van der Waals surface area contributed by atoms with Crippen LogP contribution in [0, 0.1) is 17.6 Å². The van der Waals surface area contributed by atoms with Crippen LogP contribution >= 0.6 is 0 Å². The van der Waals surface area contributed by atoms with Crippen molar-refractivity contribution in [2.75, 3.05) is 0 Å². The van der Waals surface area contributed by atoms with Crippen molar-refractivity contribution in [3.63, 3.8) is 0 Å². The quantitative estimate of drug-likeness (QED) is 0.890. The highest BCUT2D eigenvalue weighted by Gasteiger charge is 2.17. The van der Waals surface area contributed by atoms with E-state index < -0.39 is 17.7 Å². The molecule has 21 heavy (non-hydrogen) atoms. The highest BCUT2D eigenvalue weighted by Crippen LogP contribution is 2.16. The van der Waals surface area contributed by atoms with Crippen LogP contribution in [0.3, 0.4) is 0 Å². The van der Waals surface area contributed by atoms with Gasteiger partial charge in [-0.25, -0.2) is 18.4 Å². The summed E-state index contributed by atoms with van der Waals surface area (Å²) < 4.78 is 28.8. The number of aliphatic hydroxyl groups is 1. The molecule has 0 aliphatic rings. The van der Waals surface area contributed by atoms with E-state index in [0.29, 0.717) is 18.3 Å². The number of halogens is 2. The lowest BCUT2D eigenvalue weighted by Gasteiger charge is -2.13. The Balaban J connectivity index is 2.05. The zero-order chi connectivity index (χ0) is 15.4. The summed E-state index contributed by atoms with van der Waals surface area (Å²) in [6, 6.07) is 3.68. The smallest absolute Gasteiger partial charge is 0.138 e. The van der Waals surface area contributed by atoms with Crippen LogP contribution in [-0.2, 0) is 19.4 Å². The average Bonchev–Trinajstić information content (AvgIpc) is 2.80. The third-order valence-corrected chi connectivity index (χ3v) is 3.15. The van der Waals surface area contributed by atoms with Gasteiger partial charge in [-0.05, 0) is 18.1 Å². The first-order valence-electron chi connectivity index (χ1n) is 6.95. The molecule has 1 N–H and O–H groups in total. The molecule has 0 fully saturated rings. The minimum absolute atomic E-state index is 0.0902. The lowest BCUT2D eigenvalue weighted by atomic mass is 10.0. The Morgan fingerprint density at radius 3 is 2.48 bits per heavy atom. The molecule has 0 saturated carbocycles. The fourth-order valence-corrected chi connectivity index (χ4v) is 2.19. The zero-order valence-electron chi connectivity index (χ0n) is 12.1. The summed E-state index contributed by atoms with van der Waals surface area (Å²) in [5.41, 5.74) is -0.0973. The van der Waals surface area contributed by atoms with Crippen LogP contribution in [0.5, 0.6) is 0 Å². The van der Waals surface area contributed by atoms with Crippen molar-refractivity contribution in [3.05, 3.63) is 47.5 Å². The summed E-state index contributed by atoms with van der Waals surface area (Å²) in [5, 5.41) is 14.2. The predicted octanol–water partition coefficient (Wildman–Crippen LogP) is 2.36. The van der Waals surface area contributed by atoms with E-state index in [0.717, 1.165) is 0 Å². The molecule has 0 bridgehead atoms. The van der Waals surface area contributed by atoms with Gasteiger partial charge in [0.25, 0.3) is 0 Å². The molecule has 1 unspecified atom stereocenters. The van der Waals surface area contributed by atoms with Gasteiger partial charge in [0.2, 0.25) is 0 Å². The maximum absolute atomic E-state index is 13.6. The Hall–Kier alpha value is -1.82. The molecule has 4 nitrogen and oxygen atoms in total.